The predicted molar refractivity (Wildman–Crippen MR) is 530 cm³/mol. The summed E-state index contributed by atoms with van der Waals surface area (Å²) in [6, 6.07) is 21.2. The number of thiol groups is 1. The van der Waals surface area contributed by atoms with Crippen LogP contribution in [0.2, 0.25) is 103 Å². The molecule has 9 rings (SSSR count). The third kappa shape index (κ3) is 43.2. The van der Waals surface area contributed by atoms with Crippen molar-refractivity contribution in [3.63, 3.8) is 0 Å². The van der Waals surface area contributed by atoms with Gasteiger partial charge in [-0.3, -0.25) is 4.79 Å². The third-order valence-electron chi connectivity index (χ3n) is 19.0. The summed E-state index contributed by atoms with van der Waals surface area (Å²) in [4.78, 5) is 31.5. The topological polar surface area (TPSA) is 171 Å². The van der Waals surface area contributed by atoms with Gasteiger partial charge in [0.1, 0.15) is 70.2 Å². The maximum Gasteiger partial charge on any atom is 0.310 e. The van der Waals surface area contributed by atoms with Crippen LogP contribution in [0.4, 0.5) is 4.39 Å². The van der Waals surface area contributed by atoms with Crippen LogP contribution in [-0.4, -0.2) is 176 Å². The number of fused-ring (bicyclic) bond motifs is 5. The number of ether oxygens (including phenoxy) is 9. The molecule has 120 heavy (non-hydrogen) atoms. The number of hydrogen-bond acceptors (Lipinski definition) is 18. The fraction of sp³-hybridized carbons (Fsp3) is 0.681. The molecule has 18 nitrogen and oxygen atoms in total. The van der Waals surface area contributed by atoms with Crippen molar-refractivity contribution >= 4 is 162 Å². The molecule has 0 bridgehead atoms. The van der Waals surface area contributed by atoms with Crippen molar-refractivity contribution in [1.82, 2.24) is 38.2 Å². The number of nitrogens with zero attached hydrogens (tertiary/aromatic N) is 8. The zero-order valence-corrected chi connectivity index (χ0v) is 89.3. The molecule has 8 aromatic rings. The van der Waals surface area contributed by atoms with Crippen LogP contribution in [0.1, 0.15) is 154 Å². The fourth-order valence-electron chi connectivity index (χ4n) is 12.5. The first kappa shape index (κ1) is 109. The molecule has 0 spiro atoms. The lowest BCUT2D eigenvalue weighted by atomic mass is 9.89. The standard InChI is InChI=1S/C27H46N2O4SSi.C22H37BrN2O2SSi.C17H26N2OSSi.C13H18BrFN2OSi.C10H22O2S.C2H6/c1-10-32-21(3)15-20(2)18-34-26-23(17-24(30)33-27(4,5)6)16-22-11-12-29(25(22)28-26)19-31-13-14-35(7,8)9;1-8-27-17(2)14-22(3,4)15-28-21-19(23)13-18-9-10-25(20(18)24-21)16-26-11-12-29(5,6)7;1-22(2,3)11-9-20-13-19-8-7-14-12-15-6-4-5-10-21-17(15)18-16(14)19;1-19(2,3)7-6-18-9-17-5-4-10-8-11(14)12(15)16-13(10)17;1-5-11-9(12-6-2)7-10(3,4)8-13;1-2/h11-12,16,20-21H,10,13-15,17-19H2,1-9H3;9-10,13,17H,8,11-12,14-16H2,1-7H3;7-8,12H,4-6,9-11,13H2,1-3H3;4-5,8H,6-7,9H2,1-3H3;9,13H,5-8H2,1-4H3;1-2H3. The van der Waals surface area contributed by atoms with E-state index in [2.05, 4.69) is 240 Å². The highest BCUT2D eigenvalue weighted by atomic mass is 79.9. The number of esters is 1. The smallest absolute Gasteiger partial charge is 0.310 e. The summed E-state index contributed by atoms with van der Waals surface area (Å²) < 4.78 is 74.5. The monoisotopic (exact) mass is 1940 g/mol. The maximum absolute atomic E-state index is 13.4. The molecule has 3 unspecified atom stereocenters. The van der Waals surface area contributed by atoms with Gasteiger partial charge in [0.15, 0.2) is 6.29 Å². The molecule has 0 aliphatic carbocycles. The number of rotatable bonds is 43. The van der Waals surface area contributed by atoms with Gasteiger partial charge in [-0.15, -0.1) is 35.3 Å². The molecule has 1 aliphatic heterocycles. The second-order valence-corrected chi connectivity index (χ2v) is 66.0. The van der Waals surface area contributed by atoms with E-state index in [1.807, 2.05) is 108 Å². The molecule has 0 radical (unpaired) electrons. The lowest BCUT2D eigenvalue weighted by Gasteiger charge is -2.27. The number of pyridine rings is 4. The van der Waals surface area contributed by atoms with E-state index in [1.165, 1.54) is 53.1 Å². The van der Waals surface area contributed by atoms with E-state index >= 15 is 0 Å². The van der Waals surface area contributed by atoms with Crippen molar-refractivity contribution in [2.45, 2.75) is 325 Å². The quantitative estimate of drug-likeness (QED) is 0.00727. The predicted octanol–water partition coefficient (Wildman–Crippen LogP) is 26.6. The Labute approximate surface area is 762 Å². The lowest BCUT2D eigenvalue weighted by molar-refractivity contribution is -0.154. The summed E-state index contributed by atoms with van der Waals surface area (Å²) in [7, 11) is -4.27. The Balaban J connectivity index is 0.000000324. The molecule has 29 heteroatoms. The Kier molecular flexibility index (Phi) is 49.0. The van der Waals surface area contributed by atoms with Crippen LogP contribution in [-0.2, 0) is 87.2 Å². The van der Waals surface area contributed by atoms with Crippen molar-refractivity contribution in [3.8, 4) is 0 Å². The largest absolute Gasteiger partial charge is 0.460 e. The highest BCUT2D eigenvalue weighted by molar-refractivity contribution is 9.10. The van der Waals surface area contributed by atoms with Gasteiger partial charge < -0.3 is 60.9 Å². The Morgan fingerprint density at radius 2 is 0.958 bits per heavy atom. The highest BCUT2D eigenvalue weighted by Gasteiger charge is 2.27. The Hall–Kier alpha value is -2.93. The first-order chi connectivity index (χ1) is 56.2. The maximum atomic E-state index is 13.4. The number of aryl methyl sites for hydroxylation is 1. The van der Waals surface area contributed by atoms with Crippen molar-refractivity contribution in [2.24, 2.45) is 16.7 Å². The first-order valence-corrected chi connectivity index (χ1v) is 63.7. The summed E-state index contributed by atoms with van der Waals surface area (Å²) in [6.07, 6.45) is 15.4. The van der Waals surface area contributed by atoms with Crippen LogP contribution in [0.25, 0.3) is 44.1 Å². The number of hydrogen-bond donors (Lipinski definition) is 1. The normalized spacial score (nSPS) is 13.8. The van der Waals surface area contributed by atoms with Crippen LogP contribution in [0.5, 0.6) is 0 Å². The van der Waals surface area contributed by atoms with E-state index in [-0.39, 0.29) is 41.7 Å². The Morgan fingerprint density at radius 1 is 0.542 bits per heavy atom. The molecule has 3 atom stereocenters. The number of carbonyl (C=O) groups excluding carboxylic acids is 1. The van der Waals surface area contributed by atoms with Gasteiger partial charge in [0.25, 0.3) is 0 Å². The number of carbonyl (C=O) groups is 1. The van der Waals surface area contributed by atoms with Gasteiger partial charge in [-0.05, 0) is 238 Å². The van der Waals surface area contributed by atoms with Crippen molar-refractivity contribution in [3.05, 3.63) is 99.3 Å². The van der Waals surface area contributed by atoms with E-state index in [4.69, 9.17) is 57.6 Å². The summed E-state index contributed by atoms with van der Waals surface area (Å²) in [5, 5.41) is 7.46. The first-order valence-electron chi connectivity index (χ1n) is 43.7. The van der Waals surface area contributed by atoms with Crippen molar-refractivity contribution in [2.75, 3.05) is 75.9 Å². The van der Waals surface area contributed by atoms with Crippen LogP contribution in [0, 0.1) is 22.7 Å². The highest BCUT2D eigenvalue weighted by Crippen LogP contribution is 2.38. The molecular formula is C91H155Br2FN8O10S4Si4. The lowest BCUT2D eigenvalue weighted by Crippen LogP contribution is -2.27. The summed E-state index contributed by atoms with van der Waals surface area (Å²) in [6.45, 7) is 69.7. The van der Waals surface area contributed by atoms with E-state index in [0.29, 0.717) is 56.2 Å². The van der Waals surface area contributed by atoms with Gasteiger partial charge >= 0.3 is 5.97 Å². The molecule has 0 fully saturated rings. The molecule has 680 valence electrons. The molecule has 1 aliphatic rings. The molecule has 0 amide bonds. The van der Waals surface area contributed by atoms with Gasteiger partial charge in [-0.25, -0.2) is 19.9 Å². The summed E-state index contributed by atoms with van der Waals surface area (Å²) >= 11 is 16.6. The van der Waals surface area contributed by atoms with Crippen LogP contribution in [0.3, 0.4) is 0 Å². The molecule has 0 saturated heterocycles. The van der Waals surface area contributed by atoms with Crippen LogP contribution < -0.4 is 0 Å². The van der Waals surface area contributed by atoms with E-state index in [0.717, 1.165) is 141 Å². The number of thioether (sulfide) groups is 3. The Bertz CT molecular complexity index is 4260. The zero-order chi connectivity index (χ0) is 89.8. The van der Waals surface area contributed by atoms with E-state index in [1.54, 1.807) is 17.8 Å². The molecular weight excluding hydrogens is 1780 g/mol. The molecule has 0 N–H and O–H groups in total. The zero-order valence-electron chi connectivity index (χ0n) is 78.8. The average Bonchev–Trinajstić information content (AvgIpc) is 1.65. The minimum Gasteiger partial charge on any atom is -0.460 e. The van der Waals surface area contributed by atoms with Gasteiger partial charge in [0, 0.05) is 149 Å². The number of halogens is 3. The van der Waals surface area contributed by atoms with Gasteiger partial charge in [-0.2, -0.15) is 17.0 Å². The van der Waals surface area contributed by atoms with Gasteiger partial charge in [0.2, 0.25) is 5.95 Å². The second-order valence-electron chi connectivity index (χ2n) is 38.4. The third-order valence-corrected chi connectivity index (χ3v) is 32.1. The van der Waals surface area contributed by atoms with Crippen molar-refractivity contribution < 1.29 is 51.8 Å². The van der Waals surface area contributed by atoms with Gasteiger partial charge in [0.05, 0.1) is 27.6 Å². The minimum absolute atomic E-state index is 0.0721. The SMILES string of the molecule is CC.CCOC(C)CC(C)(C)CSc1nc2c(ccn2COCC[Si](C)(C)C)cc1Br.CCOC(C)CC(C)CSc1nc2c(ccn2COCC[Si](C)(C)C)cc1CC(=O)OC(C)(C)C.CCOC(CC(C)(C)CS)OCC.C[Si](C)(C)CCOCn1ccc2cc(Br)c(F)nc21.C[Si](C)(C)CCOCn1ccc2cc3c(nc21)SCCCC3. The minimum atomic E-state index is -1.13. The van der Waals surface area contributed by atoms with Crippen molar-refractivity contribution in [1.29, 1.82) is 0 Å². The van der Waals surface area contributed by atoms with Crippen LogP contribution in [0.15, 0.2) is 97.3 Å². The van der Waals surface area contributed by atoms with E-state index < -0.39 is 43.8 Å². The van der Waals surface area contributed by atoms with Gasteiger partial charge in [-0.1, -0.05) is 127 Å². The fourth-order valence-corrected chi connectivity index (χ4v) is 19.7. The summed E-state index contributed by atoms with van der Waals surface area (Å²) in [5.74, 6) is 3.69. The molecule has 9 heterocycles. The van der Waals surface area contributed by atoms with Crippen LogP contribution >= 0.6 is 79.8 Å². The molecule has 8 aromatic heterocycles. The number of aromatic nitrogens is 8. The molecule has 0 saturated carbocycles. The summed E-state index contributed by atoms with van der Waals surface area (Å²) in [5.41, 5.74) is 5.76. The Morgan fingerprint density at radius 3 is 1.40 bits per heavy atom. The second kappa shape index (κ2) is 53.8. The average molecular weight is 1940 g/mol. The molecule has 0 aromatic carbocycles. The van der Waals surface area contributed by atoms with E-state index in [9.17, 15) is 9.18 Å².